The Hall–Kier alpha value is 0.170. The molecule has 1 unspecified atom stereocenters. The molecule has 0 aliphatic carbocycles. The third kappa shape index (κ3) is 2.09. The van der Waals surface area contributed by atoms with Gasteiger partial charge in [-0.05, 0) is 12.2 Å². The van der Waals surface area contributed by atoms with E-state index in [9.17, 15) is 4.55 Å². The summed E-state index contributed by atoms with van der Waals surface area (Å²) in [5, 5.41) is -0.114. The predicted molar refractivity (Wildman–Crippen MR) is 43.8 cm³/mol. The molecule has 1 aliphatic heterocycles. The third-order valence-electron chi connectivity index (χ3n) is 0.999. The van der Waals surface area contributed by atoms with Gasteiger partial charge in [-0.3, -0.25) is 0 Å². The second kappa shape index (κ2) is 3.53. The standard InChI is InChI=1S/C5H5Cl2NOS/c6-5-1-3-8(4-2-5)10(7)9/h1-5H. The molecule has 0 amide bonds. The van der Waals surface area contributed by atoms with E-state index in [4.69, 9.17) is 22.3 Å². The molecule has 0 fully saturated rings. The lowest BCUT2D eigenvalue weighted by Crippen LogP contribution is -2.17. The van der Waals surface area contributed by atoms with E-state index < -0.39 is 10.6 Å². The van der Waals surface area contributed by atoms with Crippen LogP contribution in [0.1, 0.15) is 0 Å². The SMILES string of the molecule is [O-][S+](Cl)N1C=CC(Cl)C=C1. The smallest absolute Gasteiger partial charge is 0.207 e. The monoisotopic (exact) mass is 197 g/mol. The fraction of sp³-hybridized carbons (Fsp3) is 0.200. The number of halogens is 2. The first-order valence-electron chi connectivity index (χ1n) is 2.57. The maximum atomic E-state index is 10.6. The van der Waals surface area contributed by atoms with E-state index in [-0.39, 0.29) is 5.38 Å². The Bertz CT molecular complexity index is 157. The molecule has 0 bridgehead atoms. The zero-order valence-corrected chi connectivity index (χ0v) is 7.23. The van der Waals surface area contributed by atoms with Gasteiger partial charge in [0, 0.05) is 0 Å². The number of rotatable bonds is 1. The van der Waals surface area contributed by atoms with Crippen molar-refractivity contribution in [1.82, 2.24) is 4.31 Å². The lowest BCUT2D eigenvalue weighted by atomic mass is 10.3. The lowest BCUT2D eigenvalue weighted by Gasteiger charge is -2.14. The minimum atomic E-state index is -1.49. The van der Waals surface area contributed by atoms with Gasteiger partial charge in [-0.2, -0.15) is 4.31 Å². The molecule has 0 spiro atoms. The van der Waals surface area contributed by atoms with Gasteiger partial charge in [0.2, 0.25) is 10.7 Å². The Kier molecular flexibility index (Phi) is 2.92. The highest BCUT2D eigenvalue weighted by Crippen LogP contribution is 2.14. The molecule has 1 rings (SSSR count). The second-order valence-corrected chi connectivity index (χ2v) is 3.82. The third-order valence-corrected chi connectivity index (χ3v) is 2.34. The molecule has 0 aromatic rings. The predicted octanol–water partition coefficient (Wildman–Crippen LogP) is 1.75. The van der Waals surface area contributed by atoms with Crippen LogP contribution in [0.4, 0.5) is 0 Å². The van der Waals surface area contributed by atoms with Crippen LogP contribution in [-0.2, 0) is 10.6 Å². The Morgan fingerprint density at radius 2 is 1.90 bits per heavy atom. The van der Waals surface area contributed by atoms with Crippen LogP contribution in [-0.4, -0.2) is 14.2 Å². The first-order chi connectivity index (χ1) is 4.70. The highest BCUT2D eigenvalue weighted by Gasteiger charge is 2.13. The van der Waals surface area contributed by atoms with Crippen LogP contribution in [0.15, 0.2) is 24.6 Å². The Balaban J connectivity index is 2.54. The molecule has 10 heavy (non-hydrogen) atoms. The highest BCUT2D eigenvalue weighted by atomic mass is 35.7. The summed E-state index contributed by atoms with van der Waals surface area (Å²) >= 11 is 5.64. The van der Waals surface area contributed by atoms with Crippen molar-refractivity contribution in [2.75, 3.05) is 0 Å². The first-order valence-corrected chi connectivity index (χ1v) is 4.94. The molecule has 5 heteroatoms. The fourth-order valence-corrected chi connectivity index (χ4v) is 1.28. The molecule has 0 aromatic heterocycles. The Morgan fingerprint density at radius 1 is 1.40 bits per heavy atom. The topological polar surface area (TPSA) is 26.3 Å². The summed E-state index contributed by atoms with van der Waals surface area (Å²) in [6.07, 6.45) is 6.56. The molecule has 1 atom stereocenters. The van der Waals surface area contributed by atoms with E-state index in [1.54, 1.807) is 24.6 Å². The maximum absolute atomic E-state index is 10.6. The number of allylic oxidation sites excluding steroid dienone is 2. The normalized spacial score (nSPS) is 21.7. The van der Waals surface area contributed by atoms with Crippen LogP contribution in [0.25, 0.3) is 0 Å². The van der Waals surface area contributed by atoms with E-state index in [2.05, 4.69) is 0 Å². The van der Waals surface area contributed by atoms with Crippen molar-refractivity contribution in [3.05, 3.63) is 24.6 Å². The van der Waals surface area contributed by atoms with Crippen molar-refractivity contribution in [2.24, 2.45) is 0 Å². The first kappa shape index (κ1) is 8.27. The van der Waals surface area contributed by atoms with Crippen LogP contribution in [0, 0.1) is 0 Å². The molecular formula is C5H5Cl2NOS. The van der Waals surface area contributed by atoms with Crippen molar-refractivity contribution < 1.29 is 4.55 Å². The molecule has 0 saturated carbocycles. The molecule has 0 saturated heterocycles. The van der Waals surface area contributed by atoms with Gasteiger partial charge in [-0.15, -0.1) is 11.6 Å². The Morgan fingerprint density at radius 3 is 2.30 bits per heavy atom. The largest absolute Gasteiger partial charge is 0.575 e. The van der Waals surface area contributed by atoms with Crippen LogP contribution in [0.5, 0.6) is 0 Å². The summed E-state index contributed by atoms with van der Waals surface area (Å²) in [6.45, 7) is 0. The molecule has 2 nitrogen and oxygen atoms in total. The number of hydrogen-bond donors (Lipinski definition) is 0. The van der Waals surface area contributed by atoms with Gasteiger partial charge >= 0.3 is 0 Å². The zero-order valence-electron chi connectivity index (χ0n) is 4.91. The van der Waals surface area contributed by atoms with Crippen LogP contribution < -0.4 is 0 Å². The maximum Gasteiger partial charge on any atom is 0.207 e. The van der Waals surface area contributed by atoms with Gasteiger partial charge in [0.05, 0.1) is 17.8 Å². The van der Waals surface area contributed by atoms with Gasteiger partial charge in [-0.1, -0.05) is 0 Å². The summed E-state index contributed by atoms with van der Waals surface area (Å²) in [7, 11) is 3.76. The van der Waals surface area contributed by atoms with Crippen LogP contribution >= 0.6 is 22.3 Å². The van der Waals surface area contributed by atoms with E-state index in [0.717, 1.165) is 0 Å². The minimum Gasteiger partial charge on any atom is -0.575 e. The summed E-state index contributed by atoms with van der Waals surface area (Å²) in [5.74, 6) is 0. The molecule has 1 heterocycles. The van der Waals surface area contributed by atoms with E-state index >= 15 is 0 Å². The molecule has 56 valence electrons. The second-order valence-electron chi connectivity index (χ2n) is 1.69. The van der Waals surface area contributed by atoms with Crippen molar-refractivity contribution in [1.29, 1.82) is 0 Å². The summed E-state index contributed by atoms with van der Waals surface area (Å²) in [4.78, 5) is 0. The highest BCUT2D eigenvalue weighted by molar-refractivity contribution is 8.12. The van der Waals surface area contributed by atoms with E-state index in [0.29, 0.717) is 0 Å². The summed E-state index contributed by atoms with van der Waals surface area (Å²) in [5.41, 5.74) is 0. The average Bonchev–Trinajstić information content (AvgIpc) is 1.88. The molecule has 0 radical (unpaired) electrons. The quantitative estimate of drug-likeness (QED) is 0.474. The van der Waals surface area contributed by atoms with Crippen LogP contribution in [0.2, 0.25) is 0 Å². The lowest BCUT2D eigenvalue weighted by molar-refractivity contribution is 0.566. The zero-order chi connectivity index (χ0) is 7.56. The van der Waals surface area contributed by atoms with Gasteiger partial charge in [0.25, 0.3) is 0 Å². The minimum absolute atomic E-state index is 0.114. The van der Waals surface area contributed by atoms with Crippen molar-refractivity contribution in [3.8, 4) is 0 Å². The Labute approximate surface area is 71.9 Å². The van der Waals surface area contributed by atoms with Gasteiger partial charge < -0.3 is 4.55 Å². The van der Waals surface area contributed by atoms with E-state index in [1.165, 1.54) is 4.31 Å². The van der Waals surface area contributed by atoms with Crippen molar-refractivity contribution in [3.63, 3.8) is 0 Å². The van der Waals surface area contributed by atoms with Gasteiger partial charge in [-0.25, -0.2) is 0 Å². The average molecular weight is 198 g/mol. The molecule has 1 aliphatic rings. The number of alkyl halides is 1. The molecule has 0 N–H and O–H groups in total. The molecule has 0 aromatic carbocycles. The van der Waals surface area contributed by atoms with Gasteiger partial charge in [0.15, 0.2) is 10.6 Å². The number of hydrogen-bond acceptors (Lipinski definition) is 2. The van der Waals surface area contributed by atoms with E-state index in [1.807, 2.05) is 0 Å². The van der Waals surface area contributed by atoms with Crippen molar-refractivity contribution in [2.45, 2.75) is 5.38 Å². The fourth-order valence-electron chi connectivity index (χ4n) is 0.544. The van der Waals surface area contributed by atoms with Gasteiger partial charge in [0.1, 0.15) is 0 Å². The summed E-state index contributed by atoms with van der Waals surface area (Å²) in [6, 6.07) is 0. The number of nitrogens with zero attached hydrogens (tertiary/aromatic N) is 1. The summed E-state index contributed by atoms with van der Waals surface area (Å²) < 4.78 is 11.9. The molecular weight excluding hydrogens is 193 g/mol. The van der Waals surface area contributed by atoms with Crippen LogP contribution in [0.3, 0.4) is 0 Å². The van der Waals surface area contributed by atoms with Crippen molar-refractivity contribution >= 4 is 32.9 Å².